The summed E-state index contributed by atoms with van der Waals surface area (Å²) in [6.45, 7) is 7.92. The van der Waals surface area contributed by atoms with E-state index < -0.39 is 16.2 Å². The summed E-state index contributed by atoms with van der Waals surface area (Å²) in [6, 6.07) is 6.90. The zero-order chi connectivity index (χ0) is 19.2. The van der Waals surface area contributed by atoms with Gasteiger partial charge in [-0.1, -0.05) is 26.0 Å². The molecule has 26 heavy (non-hydrogen) atoms. The molecule has 146 valence electrons. The Hall–Kier alpha value is -1.48. The van der Waals surface area contributed by atoms with E-state index >= 15 is 0 Å². The fourth-order valence-corrected chi connectivity index (χ4v) is 4.96. The van der Waals surface area contributed by atoms with E-state index in [-0.39, 0.29) is 5.56 Å². The number of carboxylic acids is 1. The predicted octanol–water partition coefficient (Wildman–Crippen LogP) is 1.87. The Kier molecular flexibility index (Phi) is 7.57. The minimum absolute atomic E-state index is 0.276. The highest BCUT2D eigenvalue weighted by Gasteiger charge is 2.31. The van der Waals surface area contributed by atoms with Crippen LogP contribution in [0.5, 0.6) is 0 Å². The molecule has 7 nitrogen and oxygen atoms in total. The van der Waals surface area contributed by atoms with Crippen LogP contribution in [0.1, 0.15) is 42.6 Å². The maximum Gasteiger partial charge on any atom is 0.335 e. The summed E-state index contributed by atoms with van der Waals surface area (Å²) in [5, 5.41) is 9.09. The Labute approximate surface area is 156 Å². The molecule has 0 amide bonds. The largest absolute Gasteiger partial charge is 0.478 e. The van der Waals surface area contributed by atoms with Crippen molar-refractivity contribution in [2.45, 2.75) is 33.2 Å². The minimum Gasteiger partial charge on any atom is -0.478 e. The molecule has 0 aliphatic carbocycles. The van der Waals surface area contributed by atoms with E-state index in [4.69, 9.17) is 5.11 Å². The number of piperazine rings is 1. The predicted molar refractivity (Wildman–Crippen MR) is 101 cm³/mol. The minimum atomic E-state index is -3.40. The molecule has 1 saturated heterocycles. The molecule has 0 bridgehead atoms. The van der Waals surface area contributed by atoms with Gasteiger partial charge < -0.3 is 5.11 Å². The van der Waals surface area contributed by atoms with Crippen molar-refractivity contribution in [2.24, 2.45) is 0 Å². The van der Waals surface area contributed by atoms with Crippen LogP contribution in [0.2, 0.25) is 0 Å². The zero-order valence-electron chi connectivity index (χ0n) is 15.6. The van der Waals surface area contributed by atoms with Crippen LogP contribution in [0.4, 0.5) is 0 Å². The van der Waals surface area contributed by atoms with E-state index in [1.807, 2.05) is 19.9 Å². The van der Waals surface area contributed by atoms with E-state index in [9.17, 15) is 13.2 Å². The summed E-state index contributed by atoms with van der Waals surface area (Å²) >= 11 is 0. The molecule has 1 fully saturated rings. The molecule has 0 unspecified atom stereocenters. The van der Waals surface area contributed by atoms with Gasteiger partial charge in [-0.25, -0.2) is 4.79 Å². The lowest BCUT2D eigenvalue weighted by molar-refractivity contribution is 0.0696. The van der Waals surface area contributed by atoms with Crippen LogP contribution in [0.25, 0.3) is 0 Å². The Balaban J connectivity index is 1.96. The molecule has 0 saturated carbocycles. The molecule has 0 spiro atoms. The molecule has 0 aromatic heterocycles. The summed E-state index contributed by atoms with van der Waals surface area (Å²) in [6.07, 6.45) is 1.61. The second-order valence-corrected chi connectivity index (χ2v) is 8.52. The molecule has 1 heterocycles. The van der Waals surface area contributed by atoms with Gasteiger partial charge in [-0.3, -0.25) is 4.90 Å². The first kappa shape index (κ1) is 20.8. The number of carbonyl (C=O) groups is 1. The first-order chi connectivity index (χ1) is 12.4. The van der Waals surface area contributed by atoms with Crippen molar-refractivity contribution in [1.29, 1.82) is 0 Å². The van der Waals surface area contributed by atoms with Gasteiger partial charge in [-0.2, -0.15) is 17.0 Å². The van der Waals surface area contributed by atoms with Gasteiger partial charge in [0.1, 0.15) is 0 Å². The standard InChI is InChI=1S/C18H29N3O4S/c1-3-8-20(9-4-2)26(24,25)21-12-10-19(11-13-21)15-16-6-5-7-17(14-16)18(22)23/h5-7,14H,3-4,8-13,15H2,1-2H3,(H,22,23). The van der Waals surface area contributed by atoms with Gasteiger partial charge in [0, 0.05) is 45.8 Å². The van der Waals surface area contributed by atoms with Gasteiger partial charge in [0.15, 0.2) is 0 Å². The lowest BCUT2D eigenvalue weighted by Crippen LogP contribution is -2.53. The Morgan fingerprint density at radius 3 is 2.27 bits per heavy atom. The van der Waals surface area contributed by atoms with Crippen LogP contribution in [-0.4, -0.2) is 72.3 Å². The van der Waals surface area contributed by atoms with Gasteiger partial charge in [0.2, 0.25) is 0 Å². The van der Waals surface area contributed by atoms with Crippen molar-refractivity contribution < 1.29 is 18.3 Å². The Bertz CT molecular complexity index is 694. The van der Waals surface area contributed by atoms with Crippen LogP contribution in [-0.2, 0) is 16.8 Å². The summed E-state index contributed by atoms with van der Waals surface area (Å²) in [5.74, 6) is -0.935. The number of benzene rings is 1. The van der Waals surface area contributed by atoms with Crippen LogP contribution in [0.15, 0.2) is 24.3 Å². The molecule has 0 radical (unpaired) electrons. The summed E-state index contributed by atoms with van der Waals surface area (Å²) in [5.41, 5.74) is 1.21. The van der Waals surface area contributed by atoms with E-state index in [1.54, 1.807) is 26.8 Å². The van der Waals surface area contributed by atoms with Crippen molar-refractivity contribution >= 4 is 16.2 Å². The normalized spacial score (nSPS) is 16.9. The third-order valence-corrected chi connectivity index (χ3v) is 6.55. The maximum atomic E-state index is 12.8. The van der Waals surface area contributed by atoms with Crippen molar-refractivity contribution in [3.63, 3.8) is 0 Å². The number of aromatic carboxylic acids is 1. The fourth-order valence-electron chi connectivity index (χ4n) is 3.18. The van der Waals surface area contributed by atoms with Crippen molar-refractivity contribution in [3.05, 3.63) is 35.4 Å². The monoisotopic (exact) mass is 383 g/mol. The highest BCUT2D eigenvalue weighted by molar-refractivity contribution is 7.86. The van der Waals surface area contributed by atoms with Crippen LogP contribution >= 0.6 is 0 Å². The van der Waals surface area contributed by atoms with Crippen molar-refractivity contribution in [2.75, 3.05) is 39.3 Å². The summed E-state index contributed by atoms with van der Waals surface area (Å²) < 4.78 is 28.8. The second-order valence-electron chi connectivity index (χ2n) is 6.59. The lowest BCUT2D eigenvalue weighted by Gasteiger charge is -2.36. The lowest BCUT2D eigenvalue weighted by atomic mass is 10.1. The van der Waals surface area contributed by atoms with E-state index in [0.29, 0.717) is 45.8 Å². The number of hydrogen-bond acceptors (Lipinski definition) is 4. The number of rotatable bonds is 9. The molecule has 1 aromatic carbocycles. The fraction of sp³-hybridized carbons (Fsp3) is 0.611. The molecule has 1 aliphatic heterocycles. The first-order valence-corrected chi connectivity index (χ1v) is 10.6. The van der Waals surface area contributed by atoms with E-state index in [0.717, 1.165) is 18.4 Å². The molecular formula is C18H29N3O4S. The molecule has 2 rings (SSSR count). The topological polar surface area (TPSA) is 81.2 Å². The Morgan fingerprint density at radius 1 is 1.12 bits per heavy atom. The van der Waals surface area contributed by atoms with Crippen molar-refractivity contribution in [1.82, 2.24) is 13.5 Å². The average molecular weight is 384 g/mol. The SMILES string of the molecule is CCCN(CCC)S(=O)(=O)N1CCN(Cc2cccc(C(=O)O)c2)CC1. The highest BCUT2D eigenvalue weighted by Crippen LogP contribution is 2.16. The van der Waals surface area contributed by atoms with Crippen LogP contribution in [0.3, 0.4) is 0 Å². The van der Waals surface area contributed by atoms with Gasteiger partial charge in [0.05, 0.1) is 5.56 Å². The quantitative estimate of drug-likeness (QED) is 0.704. The summed E-state index contributed by atoms with van der Waals surface area (Å²) in [7, 11) is -3.40. The molecular weight excluding hydrogens is 354 g/mol. The van der Waals surface area contributed by atoms with E-state index in [1.165, 1.54) is 0 Å². The number of nitrogens with zero attached hydrogens (tertiary/aromatic N) is 3. The Morgan fingerprint density at radius 2 is 1.73 bits per heavy atom. The maximum absolute atomic E-state index is 12.8. The number of carboxylic acid groups (broad SMARTS) is 1. The number of hydrogen-bond donors (Lipinski definition) is 1. The van der Waals surface area contributed by atoms with Gasteiger partial charge >= 0.3 is 5.97 Å². The molecule has 0 atom stereocenters. The van der Waals surface area contributed by atoms with E-state index in [2.05, 4.69) is 4.90 Å². The molecule has 1 aromatic rings. The van der Waals surface area contributed by atoms with Gasteiger partial charge in [-0.15, -0.1) is 0 Å². The molecule has 8 heteroatoms. The molecule has 1 N–H and O–H groups in total. The molecule has 1 aliphatic rings. The van der Waals surface area contributed by atoms with Crippen LogP contribution in [0, 0.1) is 0 Å². The van der Waals surface area contributed by atoms with Gasteiger partial charge in [-0.05, 0) is 30.5 Å². The van der Waals surface area contributed by atoms with Gasteiger partial charge in [0.25, 0.3) is 10.2 Å². The average Bonchev–Trinajstić information content (AvgIpc) is 2.62. The van der Waals surface area contributed by atoms with Crippen LogP contribution < -0.4 is 0 Å². The third kappa shape index (κ3) is 5.26. The summed E-state index contributed by atoms with van der Waals surface area (Å²) in [4.78, 5) is 13.2. The first-order valence-electron chi connectivity index (χ1n) is 9.18. The zero-order valence-corrected chi connectivity index (χ0v) is 16.4. The second kappa shape index (κ2) is 9.45. The van der Waals surface area contributed by atoms with Crippen molar-refractivity contribution in [3.8, 4) is 0 Å². The highest BCUT2D eigenvalue weighted by atomic mass is 32.2. The third-order valence-electron chi connectivity index (χ3n) is 4.51. The smallest absolute Gasteiger partial charge is 0.335 e.